The van der Waals surface area contributed by atoms with Gasteiger partial charge in [-0.1, -0.05) is 0 Å². The van der Waals surface area contributed by atoms with Crippen LogP contribution < -0.4 is 10.2 Å². The van der Waals surface area contributed by atoms with E-state index in [9.17, 15) is 9.59 Å². The van der Waals surface area contributed by atoms with Crippen LogP contribution in [0.5, 0.6) is 0 Å². The van der Waals surface area contributed by atoms with Gasteiger partial charge in [-0.2, -0.15) is 5.10 Å². The average molecular weight is 396 g/mol. The van der Waals surface area contributed by atoms with E-state index in [1.54, 1.807) is 41.4 Å². The fourth-order valence-corrected chi connectivity index (χ4v) is 3.95. The van der Waals surface area contributed by atoms with Crippen molar-refractivity contribution in [2.45, 2.75) is 19.4 Å². The number of nitrogens with one attached hydrogen (secondary N) is 1. The summed E-state index contributed by atoms with van der Waals surface area (Å²) < 4.78 is 1.65. The largest absolute Gasteiger partial charge is 0.349 e. The highest BCUT2D eigenvalue weighted by Gasteiger charge is 2.31. The second-order valence-electron chi connectivity index (χ2n) is 6.69. The predicted molar refractivity (Wildman–Crippen MR) is 105 cm³/mol. The Labute approximate surface area is 166 Å². The molecule has 8 nitrogen and oxygen atoms in total. The molecule has 1 aliphatic rings. The number of hydrogen-bond donors (Lipinski definition) is 1. The molecular formula is C19H20N6O2S. The predicted octanol–water partition coefficient (Wildman–Crippen LogP) is 2.00. The van der Waals surface area contributed by atoms with Gasteiger partial charge in [0.05, 0.1) is 30.0 Å². The summed E-state index contributed by atoms with van der Waals surface area (Å²) in [5.41, 5.74) is 2.61. The Morgan fingerprint density at radius 3 is 2.93 bits per heavy atom. The molecule has 1 fully saturated rings. The quantitative estimate of drug-likeness (QED) is 0.712. The SMILES string of the molecule is Cn1cc(N2CC(C(=O)NCc3nc(-c4ccncc4)cs3)CCC2=O)cn1. The number of aryl methyl sites for hydroxylation is 1. The van der Waals surface area contributed by atoms with Crippen molar-refractivity contribution in [2.24, 2.45) is 13.0 Å². The molecule has 1 unspecified atom stereocenters. The van der Waals surface area contributed by atoms with E-state index in [1.165, 1.54) is 11.3 Å². The lowest BCUT2D eigenvalue weighted by Gasteiger charge is -2.30. The van der Waals surface area contributed by atoms with Crippen molar-refractivity contribution in [1.29, 1.82) is 0 Å². The Bertz CT molecular complexity index is 983. The molecule has 28 heavy (non-hydrogen) atoms. The third-order valence-corrected chi connectivity index (χ3v) is 5.57. The van der Waals surface area contributed by atoms with Gasteiger partial charge >= 0.3 is 0 Å². The number of nitrogens with zero attached hydrogens (tertiary/aromatic N) is 5. The topological polar surface area (TPSA) is 93.0 Å². The average Bonchev–Trinajstić information content (AvgIpc) is 3.36. The van der Waals surface area contributed by atoms with Crippen molar-refractivity contribution in [2.75, 3.05) is 11.4 Å². The summed E-state index contributed by atoms with van der Waals surface area (Å²) in [6.45, 7) is 0.752. The normalized spacial score (nSPS) is 17.0. The number of carbonyl (C=O) groups excluding carboxylic acids is 2. The van der Waals surface area contributed by atoms with Crippen LogP contribution in [0.4, 0.5) is 5.69 Å². The maximum absolute atomic E-state index is 12.6. The van der Waals surface area contributed by atoms with E-state index in [2.05, 4.69) is 20.4 Å². The molecule has 1 aliphatic heterocycles. The first-order valence-electron chi connectivity index (χ1n) is 9.01. The molecule has 0 bridgehead atoms. The highest BCUT2D eigenvalue weighted by molar-refractivity contribution is 7.09. The molecule has 1 N–H and O–H groups in total. The van der Waals surface area contributed by atoms with Crippen LogP contribution in [0.1, 0.15) is 17.8 Å². The highest BCUT2D eigenvalue weighted by Crippen LogP contribution is 2.24. The summed E-state index contributed by atoms with van der Waals surface area (Å²) in [5.74, 6) is -0.265. The second kappa shape index (κ2) is 7.89. The minimum Gasteiger partial charge on any atom is -0.349 e. The van der Waals surface area contributed by atoms with Crippen LogP contribution in [0, 0.1) is 5.92 Å². The minimum atomic E-state index is -0.238. The van der Waals surface area contributed by atoms with E-state index in [1.807, 2.05) is 17.5 Å². The summed E-state index contributed by atoms with van der Waals surface area (Å²) >= 11 is 1.51. The van der Waals surface area contributed by atoms with Crippen molar-refractivity contribution >= 4 is 28.8 Å². The molecule has 1 saturated heterocycles. The first-order chi connectivity index (χ1) is 13.6. The molecular weight excluding hydrogens is 376 g/mol. The molecule has 4 heterocycles. The number of rotatable bonds is 5. The molecule has 9 heteroatoms. The third kappa shape index (κ3) is 3.94. The fraction of sp³-hybridized carbons (Fsp3) is 0.316. The van der Waals surface area contributed by atoms with E-state index in [0.29, 0.717) is 25.9 Å². The smallest absolute Gasteiger partial charge is 0.227 e. The first-order valence-corrected chi connectivity index (χ1v) is 9.89. The maximum Gasteiger partial charge on any atom is 0.227 e. The molecule has 1 atom stereocenters. The molecule has 3 aromatic rings. The number of aromatic nitrogens is 4. The fourth-order valence-electron chi connectivity index (χ4n) is 3.21. The number of pyridine rings is 1. The third-order valence-electron chi connectivity index (χ3n) is 4.73. The molecule has 2 amide bonds. The lowest BCUT2D eigenvalue weighted by atomic mass is 9.96. The number of carbonyl (C=O) groups is 2. The zero-order valence-electron chi connectivity index (χ0n) is 15.4. The number of thiazole rings is 1. The van der Waals surface area contributed by atoms with E-state index in [0.717, 1.165) is 22.0 Å². The first kappa shape index (κ1) is 18.3. The molecule has 144 valence electrons. The lowest BCUT2D eigenvalue weighted by Crippen LogP contribution is -2.45. The Balaban J connectivity index is 1.36. The van der Waals surface area contributed by atoms with Gasteiger partial charge < -0.3 is 10.2 Å². The van der Waals surface area contributed by atoms with Crippen molar-refractivity contribution < 1.29 is 9.59 Å². The summed E-state index contributed by atoms with van der Waals surface area (Å²) in [7, 11) is 1.80. The van der Waals surface area contributed by atoms with Gasteiger partial charge in [-0.05, 0) is 18.6 Å². The van der Waals surface area contributed by atoms with Gasteiger partial charge in [0.15, 0.2) is 0 Å². The standard InChI is InChI=1S/C19H20N6O2S/c1-24-11-15(8-22-24)25-10-14(2-3-18(25)26)19(27)21-9-17-23-16(12-28-17)13-4-6-20-7-5-13/h4-8,11-12,14H,2-3,9-10H2,1H3,(H,21,27). The van der Waals surface area contributed by atoms with Crippen LogP contribution in [-0.2, 0) is 23.2 Å². The van der Waals surface area contributed by atoms with Crippen LogP contribution in [0.15, 0.2) is 42.3 Å². The number of hydrogen-bond acceptors (Lipinski definition) is 6. The van der Waals surface area contributed by atoms with Crippen LogP contribution >= 0.6 is 11.3 Å². The molecule has 3 aromatic heterocycles. The zero-order chi connectivity index (χ0) is 19.5. The van der Waals surface area contributed by atoms with E-state index < -0.39 is 0 Å². The Morgan fingerprint density at radius 2 is 2.18 bits per heavy atom. The van der Waals surface area contributed by atoms with Gasteiger partial charge in [-0.15, -0.1) is 11.3 Å². The van der Waals surface area contributed by atoms with Gasteiger partial charge in [-0.25, -0.2) is 4.98 Å². The van der Waals surface area contributed by atoms with Crippen molar-refractivity contribution in [3.63, 3.8) is 0 Å². The summed E-state index contributed by atoms with van der Waals surface area (Å²) in [6, 6.07) is 3.81. The number of anilines is 1. The molecule has 0 aliphatic carbocycles. The Kier molecular flexibility index (Phi) is 5.16. The van der Waals surface area contributed by atoms with Crippen molar-refractivity contribution in [3.05, 3.63) is 47.3 Å². The monoisotopic (exact) mass is 396 g/mol. The van der Waals surface area contributed by atoms with Gasteiger partial charge in [0, 0.05) is 49.5 Å². The molecule has 0 radical (unpaired) electrons. The van der Waals surface area contributed by atoms with Gasteiger partial charge in [0.1, 0.15) is 5.01 Å². The van der Waals surface area contributed by atoms with Gasteiger partial charge in [0.25, 0.3) is 0 Å². The van der Waals surface area contributed by atoms with Crippen LogP contribution in [0.2, 0.25) is 0 Å². The van der Waals surface area contributed by atoms with E-state index in [-0.39, 0.29) is 17.7 Å². The number of piperidine rings is 1. The Morgan fingerprint density at radius 1 is 1.36 bits per heavy atom. The Hall–Kier alpha value is -3.07. The van der Waals surface area contributed by atoms with E-state index >= 15 is 0 Å². The minimum absolute atomic E-state index is 0.0268. The number of amides is 2. The van der Waals surface area contributed by atoms with Gasteiger partial charge in [0.2, 0.25) is 11.8 Å². The molecule has 4 rings (SSSR count). The van der Waals surface area contributed by atoms with Crippen LogP contribution in [0.25, 0.3) is 11.3 Å². The summed E-state index contributed by atoms with van der Waals surface area (Å²) in [6.07, 6.45) is 7.81. The van der Waals surface area contributed by atoms with E-state index in [4.69, 9.17) is 0 Å². The second-order valence-corrected chi connectivity index (χ2v) is 7.63. The highest BCUT2D eigenvalue weighted by atomic mass is 32.1. The van der Waals surface area contributed by atoms with Gasteiger partial charge in [-0.3, -0.25) is 19.3 Å². The van der Waals surface area contributed by atoms with Crippen molar-refractivity contribution in [3.8, 4) is 11.3 Å². The zero-order valence-corrected chi connectivity index (χ0v) is 16.2. The molecule has 0 saturated carbocycles. The summed E-state index contributed by atoms with van der Waals surface area (Å²) in [5, 5.41) is 9.89. The maximum atomic E-state index is 12.6. The van der Waals surface area contributed by atoms with Crippen molar-refractivity contribution in [1.82, 2.24) is 25.1 Å². The lowest BCUT2D eigenvalue weighted by molar-refractivity contribution is -0.127. The summed E-state index contributed by atoms with van der Waals surface area (Å²) in [4.78, 5) is 35.1. The molecule has 0 spiro atoms. The molecule has 0 aromatic carbocycles. The van der Waals surface area contributed by atoms with Crippen LogP contribution in [-0.4, -0.2) is 38.1 Å². The van der Waals surface area contributed by atoms with Crippen LogP contribution in [0.3, 0.4) is 0 Å².